The molecule has 0 aliphatic carbocycles. The third-order valence-electron chi connectivity index (χ3n) is 8.06. The van der Waals surface area contributed by atoms with Crippen LogP contribution in [0.2, 0.25) is 0 Å². The third-order valence-corrected chi connectivity index (χ3v) is 8.06. The molecule has 3 nitrogen and oxygen atoms in total. The molecule has 0 aromatic heterocycles. The minimum absolute atomic E-state index is 0.00924. The molecule has 0 saturated heterocycles. The van der Waals surface area contributed by atoms with Crippen LogP contribution in [0.25, 0.3) is 0 Å². The van der Waals surface area contributed by atoms with E-state index >= 15 is 0 Å². The molecule has 0 unspecified atom stereocenters. The molecule has 3 N–H and O–H groups in total. The second kappa shape index (κ2) is 21.4. The van der Waals surface area contributed by atoms with Crippen LogP contribution < -0.4 is 0 Å². The molecule has 0 atom stereocenters. The summed E-state index contributed by atoms with van der Waals surface area (Å²) in [5.41, 5.74) is -0.908. The number of rotatable bonds is 25. The highest BCUT2D eigenvalue weighted by molar-refractivity contribution is 4.97. The summed E-state index contributed by atoms with van der Waals surface area (Å²) in [7, 11) is 0. The predicted molar refractivity (Wildman–Crippen MR) is 140 cm³/mol. The molecule has 3 heteroatoms. The average Bonchev–Trinajstić information content (AvgIpc) is 2.82. The predicted octanol–water partition coefficient (Wildman–Crippen LogP) is 8.19. The first-order chi connectivity index (χ1) is 15.6. The first-order valence-electron chi connectivity index (χ1n) is 14.4. The third kappa shape index (κ3) is 12.4. The quantitative estimate of drug-likeness (QED) is 0.121. The maximum Gasteiger partial charge on any atom is 0.0515 e. The van der Waals surface area contributed by atoms with Gasteiger partial charge in [0, 0.05) is 17.4 Å². The van der Waals surface area contributed by atoms with Gasteiger partial charge in [-0.25, -0.2) is 0 Å². The van der Waals surface area contributed by atoms with Gasteiger partial charge < -0.3 is 15.3 Å². The summed E-state index contributed by atoms with van der Waals surface area (Å²) in [5, 5.41) is 31.8. The highest BCUT2D eigenvalue weighted by Gasteiger charge is 2.48. The Hall–Kier alpha value is -0.120. The van der Waals surface area contributed by atoms with Gasteiger partial charge in [0.15, 0.2) is 0 Å². The monoisotopic (exact) mass is 456 g/mol. The van der Waals surface area contributed by atoms with E-state index in [1.54, 1.807) is 0 Å². The van der Waals surface area contributed by atoms with Crippen molar-refractivity contribution >= 4 is 0 Å². The molecule has 0 aliphatic rings. The van der Waals surface area contributed by atoms with Crippen LogP contribution in [0.4, 0.5) is 0 Å². The second-order valence-electron chi connectivity index (χ2n) is 10.6. The van der Waals surface area contributed by atoms with Gasteiger partial charge in [0.05, 0.1) is 13.2 Å². The molecule has 0 rings (SSSR count). The van der Waals surface area contributed by atoms with Crippen LogP contribution in [-0.2, 0) is 0 Å². The van der Waals surface area contributed by atoms with Crippen LogP contribution in [0, 0.1) is 10.8 Å². The Morgan fingerprint density at radius 3 is 0.875 bits per heavy atom. The summed E-state index contributed by atoms with van der Waals surface area (Å²) < 4.78 is 0. The van der Waals surface area contributed by atoms with Crippen LogP contribution in [0.15, 0.2) is 0 Å². The van der Waals surface area contributed by atoms with E-state index in [4.69, 9.17) is 0 Å². The Morgan fingerprint density at radius 2 is 0.594 bits per heavy atom. The van der Waals surface area contributed by atoms with E-state index in [1.165, 1.54) is 89.9 Å². The second-order valence-corrected chi connectivity index (χ2v) is 10.6. The van der Waals surface area contributed by atoms with Crippen molar-refractivity contribution in [1.82, 2.24) is 0 Å². The number of aliphatic hydroxyl groups is 3. The van der Waals surface area contributed by atoms with Crippen LogP contribution in [0.1, 0.15) is 156 Å². The fourth-order valence-electron chi connectivity index (χ4n) is 5.52. The molecule has 0 aromatic carbocycles. The summed E-state index contributed by atoms with van der Waals surface area (Å²) in [4.78, 5) is 0. The van der Waals surface area contributed by atoms with Gasteiger partial charge >= 0.3 is 0 Å². The van der Waals surface area contributed by atoms with Gasteiger partial charge in [-0.15, -0.1) is 0 Å². The van der Waals surface area contributed by atoms with Gasteiger partial charge in [0.1, 0.15) is 0 Å². The normalized spacial score (nSPS) is 12.6. The lowest BCUT2D eigenvalue weighted by atomic mass is 9.57. The molecule has 0 aromatic rings. The summed E-state index contributed by atoms with van der Waals surface area (Å²) >= 11 is 0. The highest BCUT2D eigenvalue weighted by Crippen LogP contribution is 2.50. The maximum absolute atomic E-state index is 10.7. The molecule has 0 spiro atoms. The average molecular weight is 457 g/mol. The summed E-state index contributed by atoms with van der Waals surface area (Å²) in [6.45, 7) is 6.80. The van der Waals surface area contributed by atoms with Gasteiger partial charge in [-0.2, -0.15) is 0 Å². The van der Waals surface area contributed by atoms with Crippen molar-refractivity contribution in [3.05, 3.63) is 0 Å². The van der Waals surface area contributed by atoms with Crippen LogP contribution >= 0.6 is 0 Å². The van der Waals surface area contributed by atoms with Crippen LogP contribution in [-0.4, -0.2) is 35.1 Å². The molecular weight excluding hydrogens is 396 g/mol. The molecule has 0 amide bonds. The Morgan fingerprint density at radius 1 is 0.344 bits per heavy atom. The van der Waals surface area contributed by atoms with E-state index in [0.717, 1.165) is 44.9 Å². The fraction of sp³-hybridized carbons (Fsp3) is 1.00. The van der Waals surface area contributed by atoms with E-state index in [9.17, 15) is 15.3 Å². The molecule has 0 bridgehead atoms. The largest absolute Gasteiger partial charge is 0.396 e. The Balaban J connectivity index is 5.11. The molecule has 0 fully saturated rings. The smallest absolute Gasteiger partial charge is 0.0515 e. The van der Waals surface area contributed by atoms with E-state index in [2.05, 4.69) is 20.8 Å². The van der Waals surface area contributed by atoms with Crippen molar-refractivity contribution in [1.29, 1.82) is 0 Å². The van der Waals surface area contributed by atoms with Gasteiger partial charge in [0.2, 0.25) is 0 Å². The fourth-order valence-corrected chi connectivity index (χ4v) is 5.52. The van der Waals surface area contributed by atoms with Gasteiger partial charge in [-0.05, 0) is 19.3 Å². The highest BCUT2D eigenvalue weighted by atomic mass is 16.3. The summed E-state index contributed by atoms with van der Waals surface area (Å²) in [6, 6.07) is 0. The van der Waals surface area contributed by atoms with Gasteiger partial charge in [-0.3, -0.25) is 0 Å². The van der Waals surface area contributed by atoms with E-state index in [-0.39, 0.29) is 25.2 Å². The van der Waals surface area contributed by atoms with Gasteiger partial charge in [0.25, 0.3) is 0 Å². The first kappa shape index (κ1) is 31.9. The van der Waals surface area contributed by atoms with Crippen molar-refractivity contribution in [2.75, 3.05) is 19.8 Å². The van der Waals surface area contributed by atoms with E-state index in [0.29, 0.717) is 0 Å². The maximum atomic E-state index is 10.7. The van der Waals surface area contributed by atoms with Crippen LogP contribution in [0.5, 0.6) is 0 Å². The van der Waals surface area contributed by atoms with Crippen molar-refractivity contribution in [3.8, 4) is 0 Å². The number of unbranched alkanes of at least 4 members (excludes halogenated alkanes) is 15. The molecule has 0 heterocycles. The number of hydrogen-bond donors (Lipinski definition) is 3. The topological polar surface area (TPSA) is 60.7 Å². The summed E-state index contributed by atoms with van der Waals surface area (Å²) in [6.07, 6.45) is 24.8. The zero-order valence-corrected chi connectivity index (χ0v) is 22.3. The molecule has 32 heavy (non-hydrogen) atoms. The molecular formula is C29H60O3. The number of aliphatic hydroxyl groups excluding tert-OH is 3. The van der Waals surface area contributed by atoms with Crippen LogP contribution in [0.3, 0.4) is 0 Å². The SMILES string of the molecule is CCCCCCCCC(CO)(CO)C(CO)(CCCCCCCC)CCCCCCCC. The van der Waals surface area contributed by atoms with Crippen molar-refractivity contribution in [2.24, 2.45) is 10.8 Å². The standard InChI is InChI=1S/C29H60O3/c1-4-7-10-13-16-19-22-28(25-30,23-20-17-14-11-8-5-2)29(26-31,27-32)24-21-18-15-12-9-6-3/h30-32H,4-27H2,1-3H3. The lowest BCUT2D eigenvalue weighted by molar-refractivity contribution is -0.106. The van der Waals surface area contributed by atoms with Crippen molar-refractivity contribution < 1.29 is 15.3 Å². The molecule has 194 valence electrons. The van der Waals surface area contributed by atoms with Crippen molar-refractivity contribution in [3.63, 3.8) is 0 Å². The minimum atomic E-state index is -0.556. The van der Waals surface area contributed by atoms with E-state index < -0.39 is 5.41 Å². The zero-order chi connectivity index (χ0) is 24.0. The molecule has 0 saturated carbocycles. The van der Waals surface area contributed by atoms with Gasteiger partial charge in [-0.1, -0.05) is 136 Å². The van der Waals surface area contributed by atoms with E-state index in [1.807, 2.05) is 0 Å². The summed E-state index contributed by atoms with van der Waals surface area (Å²) in [5.74, 6) is 0. The lowest BCUT2D eigenvalue weighted by Gasteiger charge is -2.49. The minimum Gasteiger partial charge on any atom is -0.396 e. The zero-order valence-electron chi connectivity index (χ0n) is 22.3. The Bertz CT molecular complexity index is 363. The lowest BCUT2D eigenvalue weighted by Crippen LogP contribution is -2.50. The Kier molecular flexibility index (Phi) is 21.3. The molecule has 0 radical (unpaired) electrons. The first-order valence-corrected chi connectivity index (χ1v) is 14.4. The Labute approximate surface area is 201 Å². The molecule has 0 aliphatic heterocycles. The van der Waals surface area contributed by atoms with Crippen molar-refractivity contribution in [2.45, 2.75) is 156 Å². The number of hydrogen-bond acceptors (Lipinski definition) is 3.